The quantitative estimate of drug-likeness (QED) is 0.134. The lowest BCUT2D eigenvalue weighted by Crippen LogP contribution is -2.25. The zero-order chi connectivity index (χ0) is 25.5. The monoisotopic (exact) mass is 642 g/mol. The van der Waals surface area contributed by atoms with Crippen molar-refractivity contribution in [3.63, 3.8) is 0 Å². The van der Waals surface area contributed by atoms with Gasteiger partial charge in [0.2, 0.25) is 0 Å². The number of hydrogen-bond donors (Lipinski definition) is 0. The molecule has 0 spiro atoms. The first-order valence-corrected chi connectivity index (χ1v) is 15.3. The molecule has 2 aromatic heterocycles. The van der Waals surface area contributed by atoms with E-state index in [4.69, 9.17) is 0 Å². The summed E-state index contributed by atoms with van der Waals surface area (Å²) in [6.07, 6.45) is 8.37. The van der Waals surface area contributed by atoms with Gasteiger partial charge in [-0.1, -0.05) is 79.6 Å². The van der Waals surface area contributed by atoms with Gasteiger partial charge in [-0.15, -0.1) is 0 Å². The molecule has 0 aliphatic heterocycles. The van der Waals surface area contributed by atoms with Crippen LogP contribution in [0.4, 0.5) is 0 Å². The van der Waals surface area contributed by atoms with Crippen molar-refractivity contribution >= 4 is 61.2 Å². The lowest BCUT2D eigenvalue weighted by atomic mass is 9.79. The Hall–Kier alpha value is -2.07. The van der Waals surface area contributed by atoms with E-state index in [9.17, 15) is 4.79 Å². The Kier molecular flexibility index (Phi) is 9.70. The highest BCUT2D eigenvalue weighted by molar-refractivity contribution is 9.10. The lowest BCUT2D eigenvalue weighted by Gasteiger charge is -2.24. The third-order valence-electron chi connectivity index (χ3n) is 5.76. The third-order valence-corrected chi connectivity index (χ3v) is 7.87. The molecule has 2 heterocycles. The maximum absolute atomic E-state index is 14.5. The Morgan fingerprint density at radius 1 is 0.750 bits per heavy atom. The molecule has 0 radical (unpaired) electrons. The number of rotatable bonds is 10. The number of halogens is 2. The highest BCUT2D eigenvalue weighted by Gasteiger charge is 2.31. The molecule has 4 rings (SSSR count). The van der Waals surface area contributed by atoms with Gasteiger partial charge in [0.15, 0.2) is 10.3 Å². The molecule has 0 saturated carbocycles. The van der Waals surface area contributed by atoms with Crippen molar-refractivity contribution in [1.29, 1.82) is 0 Å². The second-order valence-electron chi connectivity index (χ2n) is 8.10. The predicted molar refractivity (Wildman–Crippen MR) is 154 cm³/mol. The van der Waals surface area contributed by atoms with Gasteiger partial charge in [-0.05, 0) is 60.0 Å². The number of benzene rings is 2. The first-order valence-electron chi connectivity index (χ1n) is 11.2. The summed E-state index contributed by atoms with van der Waals surface area (Å²) in [6.45, 7) is 0. The molecular formula is C27H24Br2N4OS2. The number of carbonyl (C=O) groups is 1. The predicted octanol–water partition coefficient (Wildman–Crippen LogP) is 7.16. The Morgan fingerprint density at radius 3 is 1.58 bits per heavy atom. The van der Waals surface area contributed by atoms with Gasteiger partial charge < -0.3 is 0 Å². The van der Waals surface area contributed by atoms with E-state index in [1.54, 1.807) is 12.4 Å². The van der Waals surface area contributed by atoms with E-state index >= 15 is 0 Å². The molecule has 0 N–H and O–H groups in total. The SMILES string of the molecule is CSc1nccc(CC(C(=O)C(Cc2ccnc(SC)n2)c2cccc(Br)c2)c2cccc(Br)c2)n1. The van der Waals surface area contributed by atoms with Crippen LogP contribution in [-0.2, 0) is 17.6 Å². The minimum Gasteiger partial charge on any atom is -0.298 e. The van der Waals surface area contributed by atoms with Crippen molar-refractivity contribution in [2.24, 2.45) is 0 Å². The second-order valence-corrected chi connectivity index (χ2v) is 11.5. The van der Waals surface area contributed by atoms with Crippen LogP contribution < -0.4 is 0 Å². The first-order chi connectivity index (χ1) is 17.5. The van der Waals surface area contributed by atoms with Gasteiger partial charge in [0.25, 0.3) is 0 Å². The first kappa shape index (κ1) is 27.0. The van der Waals surface area contributed by atoms with Gasteiger partial charge in [0, 0.05) is 57.4 Å². The summed E-state index contributed by atoms with van der Waals surface area (Å²) < 4.78 is 1.87. The van der Waals surface area contributed by atoms with Crippen LogP contribution in [0.15, 0.2) is 92.3 Å². The smallest absolute Gasteiger partial charge is 0.187 e. The fourth-order valence-corrected chi connectivity index (χ4v) is 5.63. The number of thioether (sulfide) groups is 2. The highest BCUT2D eigenvalue weighted by atomic mass is 79.9. The summed E-state index contributed by atoms with van der Waals surface area (Å²) >= 11 is 10.1. The molecular weight excluding hydrogens is 620 g/mol. The van der Waals surface area contributed by atoms with Crippen LogP contribution in [-0.4, -0.2) is 38.2 Å². The lowest BCUT2D eigenvalue weighted by molar-refractivity contribution is -0.122. The maximum Gasteiger partial charge on any atom is 0.187 e. The van der Waals surface area contributed by atoms with Crippen molar-refractivity contribution in [3.8, 4) is 0 Å². The number of ketones is 1. The van der Waals surface area contributed by atoms with E-state index in [0.29, 0.717) is 23.2 Å². The standard InChI is InChI=1S/C27H24Br2N4OS2/c1-35-26-30-11-9-21(32-26)15-23(17-5-3-7-19(28)13-17)25(34)24(18-6-4-8-20(29)14-18)16-22-10-12-31-27(33-22)36-2/h3-14,23-24H,15-16H2,1-2H3. The van der Waals surface area contributed by atoms with Gasteiger partial charge in [0.05, 0.1) is 0 Å². The number of Topliss-reactive ketones (excluding diaryl/α,β-unsaturated/α-hetero) is 1. The van der Waals surface area contributed by atoms with Crippen molar-refractivity contribution in [3.05, 3.63) is 105 Å². The molecule has 0 saturated heterocycles. The molecule has 0 aliphatic carbocycles. The Labute approximate surface area is 236 Å². The average molecular weight is 644 g/mol. The zero-order valence-electron chi connectivity index (χ0n) is 19.8. The van der Waals surface area contributed by atoms with Crippen LogP contribution in [0.1, 0.15) is 34.4 Å². The molecule has 5 nitrogen and oxygen atoms in total. The highest BCUT2D eigenvalue weighted by Crippen LogP contribution is 2.33. The molecule has 2 aromatic carbocycles. The number of carbonyl (C=O) groups excluding carboxylic acids is 1. The molecule has 0 bridgehead atoms. The fraction of sp³-hybridized carbons (Fsp3) is 0.222. The van der Waals surface area contributed by atoms with Gasteiger partial charge in [-0.25, -0.2) is 19.9 Å². The Morgan fingerprint density at radius 2 is 1.19 bits per heavy atom. The van der Waals surface area contributed by atoms with E-state index < -0.39 is 11.8 Å². The minimum absolute atomic E-state index is 0.125. The van der Waals surface area contributed by atoms with Gasteiger partial charge in [-0.3, -0.25) is 4.79 Å². The average Bonchev–Trinajstić information content (AvgIpc) is 2.90. The minimum atomic E-state index is -0.391. The van der Waals surface area contributed by atoms with Crippen molar-refractivity contribution in [1.82, 2.24) is 19.9 Å². The molecule has 2 unspecified atom stereocenters. The van der Waals surface area contributed by atoms with Crippen LogP contribution in [0.3, 0.4) is 0 Å². The number of hydrogen-bond acceptors (Lipinski definition) is 7. The van der Waals surface area contributed by atoms with Gasteiger partial charge in [0.1, 0.15) is 5.78 Å². The van der Waals surface area contributed by atoms with E-state index in [1.165, 1.54) is 23.5 Å². The third kappa shape index (κ3) is 7.03. The summed E-state index contributed by atoms with van der Waals surface area (Å²) in [4.78, 5) is 32.4. The fourth-order valence-electron chi connectivity index (χ4n) is 4.05. The van der Waals surface area contributed by atoms with E-state index in [-0.39, 0.29) is 5.78 Å². The summed E-state index contributed by atoms with van der Waals surface area (Å²) in [7, 11) is 0. The molecule has 2 atom stereocenters. The van der Waals surface area contributed by atoms with Gasteiger partial charge in [-0.2, -0.15) is 0 Å². The molecule has 0 amide bonds. The van der Waals surface area contributed by atoms with Gasteiger partial charge >= 0.3 is 0 Å². The van der Waals surface area contributed by atoms with Crippen LogP contribution >= 0.6 is 55.4 Å². The summed E-state index contributed by atoms with van der Waals surface area (Å²) in [6, 6.07) is 19.7. The molecule has 4 aromatic rings. The Balaban J connectivity index is 1.77. The normalized spacial score (nSPS) is 12.8. The van der Waals surface area contributed by atoms with E-state index in [1.807, 2.05) is 73.2 Å². The maximum atomic E-state index is 14.5. The molecule has 0 aliphatic rings. The van der Waals surface area contributed by atoms with Crippen molar-refractivity contribution < 1.29 is 4.79 Å². The molecule has 0 fully saturated rings. The van der Waals surface area contributed by atoms with Crippen LogP contribution in [0.5, 0.6) is 0 Å². The van der Waals surface area contributed by atoms with E-state index in [2.05, 4.69) is 51.8 Å². The van der Waals surface area contributed by atoms with Crippen LogP contribution in [0, 0.1) is 0 Å². The molecule has 9 heteroatoms. The largest absolute Gasteiger partial charge is 0.298 e. The summed E-state index contributed by atoms with van der Waals surface area (Å²) in [5.41, 5.74) is 3.58. The zero-order valence-corrected chi connectivity index (χ0v) is 24.6. The van der Waals surface area contributed by atoms with Crippen LogP contribution in [0.25, 0.3) is 0 Å². The van der Waals surface area contributed by atoms with Crippen molar-refractivity contribution in [2.75, 3.05) is 12.5 Å². The van der Waals surface area contributed by atoms with Crippen LogP contribution in [0.2, 0.25) is 0 Å². The van der Waals surface area contributed by atoms with Crippen molar-refractivity contribution in [2.45, 2.75) is 35.0 Å². The number of nitrogens with zero attached hydrogens (tertiary/aromatic N) is 4. The molecule has 184 valence electrons. The number of aromatic nitrogens is 4. The second kappa shape index (κ2) is 12.9. The topological polar surface area (TPSA) is 68.6 Å². The molecule has 36 heavy (non-hydrogen) atoms. The summed E-state index contributed by atoms with van der Waals surface area (Å²) in [5, 5.41) is 1.39. The van der Waals surface area contributed by atoms with E-state index in [0.717, 1.165) is 31.5 Å². The Bertz CT molecular complexity index is 1250. The summed E-state index contributed by atoms with van der Waals surface area (Å²) in [5.74, 6) is -0.657.